The predicted octanol–water partition coefficient (Wildman–Crippen LogP) is 26.9. The van der Waals surface area contributed by atoms with E-state index in [4.69, 9.17) is 42.6 Å². The first-order valence-electron chi connectivity index (χ1n) is 52.7. The van der Waals surface area contributed by atoms with Gasteiger partial charge in [0.15, 0.2) is 0 Å². The molecule has 15 nitrogen and oxygen atoms in total. The lowest BCUT2D eigenvalue weighted by Gasteiger charge is -2.33. The van der Waals surface area contributed by atoms with Crippen molar-refractivity contribution in [2.45, 2.75) is 325 Å². The SMILES string of the molecule is CC(C)(C)c1cc(CC2CCOCC2)ccn1.CC(C)(C)c1cccc(C(=O)N2CCOCC2)c1.CC(C)(C)c1cccc(CC2COC2)c1.CC(C)(C)c1cccc(CN2CCOCC2)c1.CC(C)(C)c1cccc(OC2CCOCC2)c1.CC(C)(C)c1cncc(CC2CCOCC2)c1.CC(Cc1cccc(C(C)(C)C)c1)C1CCOCC1.CN(c1cccc(C(C)(C)C)c1)C1CCOCC1. The number of aromatic nitrogens is 2. The molecule has 8 aliphatic rings. The molecule has 1 amide bonds. The van der Waals surface area contributed by atoms with E-state index in [1.165, 1.54) is 136 Å². The Morgan fingerprint density at radius 3 is 1.26 bits per heavy atom. The van der Waals surface area contributed by atoms with E-state index in [0.717, 1.165) is 185 Å². The largest absolute Gasteiger partial charge is 0.490 e. The molecule has 6 aromatic carbocycles. The van der Waals surface area contributed by atoms with E-state index in [1.807, 2.05) is 47.8 Å². The van der Waals surface area contributed by atoms with Crippen LogP contribution in [0.25, 0.3) is 0 Å². The van der Waals surface area contributed by atoms with Crippen LogP contribution in [-0.4, -0.2) is 177 Å². The molecule has 10 heterocycles. The molecule has 0 spiro atoms. The minimum absolute atomic E-state index is 0.0707. The number of ether oxygens (including phenoxy) is 9. The Morgan fingerprint density at radius 1 is 0.370 bits per heavy atom. The van der Waals surface area contributed by atoms with E-state index < -0.39 is 0 Å². The van der Waals surface area contributed by atoms with Gasteiger partial charge in [0.25, 0.3) is 5.91 Å². The van der Waals surface area contributed by atoms with Crippen LogP contribution in [0.15, 0.2) is 182 Å². The number of hydrogen-bond donors (Lipinski definition) is 0. The highest BCUT2D eigenvalue weighted by Crippen LogP contribution is 2.36. The van der Waals surface area contributed by atoms with Crippen LogP contribution in [0.3, 0.4) is 0 Å². The zero-order valence-electron chi connectivity index (χ0n) is 90.9. The summed E-state index contributed by atoms with van der Waals surface area (Å²) in [6.07, 6.45) is 22.5. The molecular formula is C123H185N5O10. The van der Waals surface area contributed by atoms with Gasteiger partial charge in [0, 0.05) is 158 Å². The third kappa shape index (κ3) is 40.6. The van der Waals surface area contributed by atoms with Crippen molar-refractivity contribution < 1.29 is 47.4 Å². The van der Waals surface area contributed by atoms with Crippen LogP contribution in [-0.2, 0) is 113 Å². The van der Waals surface area contributed by atoms with Gasteiger partial charge in [-0.1, -0.05) is 288 Å². The van der Waals surface area contributed by atoms with E-state index in [1.54, 1.807) is 0 Å². The van der Waals surface area contributed by atoms with Crippen LogP contribution in [0.1, 0.15) is 320 Å². The molecule has 8 saturated heterocycles. The van der Waals surface area contributed by atoms with Crippen LogP contribution in [0, 0.1) is 29.6 Å². The Hall–Kier alpha value is -7.67. The summed E-state index contributed by atoms with van der Waals surface area (Å²) < 4.78 is 48.9. The lowest BCUT2D eigenvalue weighted by atomic mass is 9.81. The summed E-state index contributed by atoms with van der Waals surface area (Å²) in [6.45, 7) is 74.7. The predicted molar refractivity (Wildman–Crippen MR) is 575 cm³/mol. The first-order valence-corrected chi connectivity index (χ1v) is 52.7. The smallest absolute Gasteiger partial charge is 0.254 e. The number of pyridine rings is 2. The Morgan fingerprint density at radius 2 is 0.761 bits per heavy atom. The zero-order chi connectivity index (χ0) is 100. The van der Waals surface area contributed by atoms with E-state index >= 15 is 0 Å². The van der Waals surface area contributed by atoms with Crippen LogP contribution < -0.4 is 9.64 Å². The number of nitrogens with zero attached hydrogens (tertiary/aromatic N) is 5. The van der Waals surface area contributed by atoms with Gasteiger partial charge < -0.3 is 52.4 Å². The molecule has 0 saturated carbocycles. The van der Waals surface area contributed by atoms with Gasteiger partial charge in [-0.25, -0.2) is 0 Å². The number of amides is 1. The number of hydrogen-bond acceptors (Lipinski definition) is 14. The summed E-state index contributed by atoms with van der Waals surface area (Å²) in [7, 11) is 2.21. The van der Waals surface area contributed by atoms with Gasteiger partial charge in [-0.15, -0.1) is 0 Å². The first-order chi connectivity index (χ1) is 65.2. The van der Waals surface area contributed by atoms with Crippen molar-refractivity contribution in [3.8, 4) is 5.75 Å². The monoisotopic (exact) mass is 1890 g/mol. The Kier molecular flexibility index (Phi) is 45.2. The minimum Gasteiger partial charge on any atom is -0.490 e. The molecular weight excluding hydrogens is 1710 g/mol. The van der Waals surface area contributed by atoms with E-state index in [2.05, 4.69) is 339 Å². The van der Waals surface area contributed by atoms with Crippen molar-refractivity contribution >= 4 is 11.6 Å². The molecule has 0 aliphatic carbocycles. The maximum absolute atomic E-state index is 12.3. The maximum Gasteiger partial charge on any atom is 0.254 e. The van der Waals surface area contributed by atoms with Crippen LogP contribution in [0.2, 0.25) is 0 Å². The molecule has 8 aliphatic heterocycles. The number of benzene rings is 6. The second-order valence-corrected chi connectivity index (χ2v) is 48.3. The third-order valence-electron chi connectivity index (χ3n) is 28.0. The molecule has 1 unspecified atom stereocenters. The molecule has 15 heteroatoms. The molecule has 16 rings (SSSR count). The fourth-order valence-electron chi connectivity index (χ4n) is 18.2. The molecule has 1 atom stereocenters. The molecule has 0 N–H and O–H groups in total. The van der Waals surface area contributed by atoms with Crippen molar-refractivity contribution in [2.24, 2.45) is 29.6 Å². The third-order valence-corrected chi connectivity index (χ3v) is 28.0. The topological polar surface area (TPSA) is 136 Å². The highest BCUT2D eigenvalue weighted by Gasteiger charge is 2.29. The number of rotatable bonds is 16. The standard InChI is InChI=1S/C18H28O.C16H25NO.C15H21NO2.3C15H23NO.C15H22O2.C14H20O/c1-14(16-8-10-19-11-9-16)12-15-6-5-7-17(13-15)18(2,3)4;1-16(2,3)13-6-5-7-15(12-13)17(4)14-8-10-18-11-9-14;1-15(2,3)13-6-4-5-12(11-13)14(17)16-7-9-18-10-8-16;1-15(2,3)14-11-13(4-7-16-14)10-12-5-8-17-9-6-12;1-15(2,3)14-9-13(10-16-11-14)8-12-4-6-17-7-5-12;1-15(2,3)14-6-4-5-13(11-14)12-16-7-9-17-10-8-16;1-15(2,3)12-5-4-6-14(11-12)17-13-7-9-16-10-8-13;1-14(2,3)13-6-4-5-11(8-13)7-12-9-15-10-12/h5-7,13-14,16H,8-12H2,1-4H3;5-7,12,14H,8-11H2,1-4H3;4-6,11H,7-10H2,1-3H3;4,7,11-12H,5-6,8-10H2,1-3H3;9-12H,4-8H2,1-3H3;4-6,11H,7-10,12H2,1-3H3;4-6,11,13H,7-10H2,1-3H3;4-6,8,12H,7,9-10H2,1-3H3. The zero-order valence-corrected chi connectivity index (χ0v) is 90.9. The Bertz CT molecular complexity index is 4510. The summed E-state index contributed by atoms with van der Waals surface area (Å²) in [5.41, 5.74) is 21.6. The minimum atomic E-state index is 0.0707. The second-order valence-electron chi connectivity index (χ2n) is 48.3. The number of carbonyl (C=O) groups is 1. The summed E-state index contributed by atoms with van der Waals surface area (Å²) in [5.74, 6) is 5.03. The highest BCUT2D eigenvalue weighted by molar-refractivity contribution is 5.94. The second kappa shape index (κ2) is 54.7. The molecule has 0 bridgehead atoms. The van der Waals surface area contributed by atoms with Gasteiger partial charge in [-0.3, -0.25) is 19.7 Å². The van der Waals surface area contributed by atoms with Gasteiger partial charge in [0.05, 0.1) is 52.9 Å². The molecule has 138 heavy (non-hydrogen) atoms. The van der Waals surface area contributed by atoms with Crippen molar-refractivity contribution in [1.82, 2.24) is 19.8 Å². The lowest BCUT2D eigenvalue weighted by Crippen LogP contribution is -2.40. The molecule has 0 radical (unpaired) electrons. The summed E-state index contributed by atoms with van der Waals surface area (Å²) >= 11 is 0. The van der Waals surface area contributed by atoms with Crippen molar-refractivity contribution in [1.29, 1.82) is 0 Å². The first kappa shape index (κ1) is 114. The number of anilines is 1. The van der Waals surface area contributed by atoms with Gasteiger partial charge in [0.1, 0.15) is 11.9 Å². The summed E-state index contributed by atoms with van der Waals surface area (Å²) in [4.78, 5) is 28.0. The van der Waals surface area contributed by atoms with Crippen molar-refractivity contribution in [3.05, 3.63) is 260 Å². The van der Waals surface area contributed by atoms with Gasteiger partial charge in [-0.05, 0) is 254 Å². The van der Waals surface area contributed by atoms with Crippen molar-refractivity contribution in [2.75, 3.05) is 144 Å². The fourth-order valence-corrected chi connectivity index (χ4v) is 18.2. The Labute approximate surface area is 838 Å². The fraction of sp³-hybridized carbons (Fsp3) is 0.618. The van der Waals surface area contributed by atoms with Gasteiger partial charge in [0.2, 0.25) is 0 Å². The Balaban J connectivity index is 0.000000177. The quantitative estimate of drug-likeness (QED) is 0.0908. The summed E-state index contributed by atoms with van der Waals surface area (Å²) in [5, 5.41) is 0. The maximum atomic E-state index is 12.3. The molecule has 2 aromatic heterocycles. The van der Waals surface area contributed by atoms with Crippen LogP contribution in [0.4, 0.5) is 5.69 Å². The normalized spacial score (nSPS) is 18.1. The van der Waals surface area contributed by atoms with Crippen molar-refractivity contribution in [3.63, 3.8) is 0 Å². The lowest BCUT2D eigenvalue weighted by molar-refractivity contribution is -0.0312. The van der Waals surface area contributed by atoms with E-state index in [-0.39, 0.29) is 49.2 Å². The molecule has 762 valence electrons. The molecule has 8 fully saturated rings. The average molecular weight is 1890 g/mol. The number of carbonyl (C=O) groups excluding carboxylic acids is 1. The van der Waals surface area contributed by atoms with Gasteiger partial charge >= 0.3 is 0 Å². The van der Waals surface area contributed by atoms with E-state index in [0.29, 0.717) is 38.4 Å². The van der Waals surface area contributed by atoms with Gasteiger partial charge in [-0.2, -0.15) is 0 Å². The molecule has 8 aromatic rings. The van der Waals surface area contributed by atoms with E-state index in [9.17, 15) is 4.79 Å². The van der Waals surface area contributed by atoms with Crippen LogP contribution >= 0.6 is 0 Å². The number of morpholine rings is 2. The highest BCUT2D eigenvalue weighted by atomic mass is 16.5. The van der Waals surface area contributed by atoms with Crippen LogP contribution in [0.5, 0.6) is 5.75 Å². The summed E-state index contributed by atoms with van der Waals surface area (Å²) in [6, 6.07) is 59.8. The average Bonchev–Trinajstić information content (AvgIpc) is 1.15.